The number of benzene rings is 2. The van der Waals surface area contributed by atoms with Crippen molar-refractivity contribution in [2.45, 2.75) is 55.5 Å². The molecule has 1 fully saturated rings. The van der Waals surface area contributed by atoms with Gasteiger partial charge in [-0.3, -0.25) is 9.59 Å². The molecule has 0 spiro atoms. The predicted octanol–water partition coefficient (Wildman–Crippen LogP) is 4.04. The summed E-state index contributed by atoms with van der Waals surface area (Å²) in [5, 5.41) is 2.12. The third-order valence-electron chi connectivity index (χ3n) is 4.70. The maximum Gasteiger partial charge on any atom is 0.408 e. The number of Topliss-reactive ketones (excluding diaryl/α,β-unsaturated/α-hetero) is 1. The maximum absolute atomic E-state index is 13.5. The normalized spacial score (nSPS) is 17.3. The highest BCUT2D eigenvalue weighted by Gasteiger charge is 2.39. The largest absolute Gasteiger partial charge is 0.444 e. The topological polar surface area (TPSA) is 75.7 Å². The second-order valence-electron chi connectivity index (χ2n) is 8.42. The van der Waals surface area contributed by atoms with Crippen LogP contribution >= 0.6 is 11.8 Å². The Kier molecular flexibility index (Phi) is 7.38. The third kappa shape index (κ3) is 6.59. The summed E-state index contributed by atoms with van der Waals surface area (Å²) in [4.78, 5) is 41.0. The van der Waals surface area contributed by atoms with Gasteiger partial charge in [-0.1, -0.05) is 60.3 Å². The average Bonchev–Trinajstić information content (AvgIpc) is 3.07. The van der Waals surface area contributed by atoms with E-state index in [0.29, 0.717) is 19.4 Å². The smallest absolute Gasteiger partial charge is 0.408 e. The zero-order valence-corrected chi connectivity index (χ0v) is 18.9. The summed E-state index contributed by atoms with van der Waals surface area (Å²) in [7, 11) is 0. The van der Waals surface area contributed by atoms with Gasteiger partial charge in [-0.15, -0.1) is 0 Å². The van der Waals surface area contributed by atoms with E-state index in [1.54, 1.807) is 25.7 Å². The average molecular weight is 441 g/mol. The van der Waals surface area contributed by atoms with Crippen molar-refractivity contribution in [1.82, 2.24) is 10.2 Å². The van der Waals surface area contributed by atoms with E-state index >= 15 is 0 Å². The molecular weight excluding hydrogens is 412 g/mol. The standard InChI is InChI=1S/C24H28N2O4S/c1-24(2,3)30-23(29)25-19(16-17-10-6-4-7-11-17)21(28)26-15-14-20(27)22(26)31-18-12-8-5-9-13-18/h4-13,19,22H,14-16H2,1-3H3,(H,25,29)/t19-,22+/m0/s1. The number of nitrogens with one attached hydrogen (secondary N) is 1. The van der Waals surface area contributed by atoms with Crippen LogP contribution in [0.2, 0.25) is 0 Å². The Morgan fingerprint density at radius 3 is 2.32 bits per heavy atom. The molecule has 1 N–H and O–H groups in total. The van der Waals surface area contributed by atoms with Crippen LogP contribution in [0.1, 0.15) is 32.8 Å². The monoisotopic (exact) mass is 440 g/mol. The fourth-order valence-corrected chi connectivity index (χ4v) is 4.49. The lowest BCUT2D eigenvalue weighted by atomic mass is 10.0. The summed E-state index contributed by atoms with van der Waals surface area (Å²) in [5.41, 5.74) is 0.231. The lowest BCUT2D eigenvalue weighted by molar-refractivity contribution is -0.134. The van der Waals surface area contributed by atoms with Gasteiger partial charge in [0.1, 0.15) is 17.0 Å². The van der Waals surface area contributed by atoms with Gasteiger partial charge in [-0.25, -0.2) is 4.79 Å². The zero-order chi connectivity index (χ0) is 22.4. The molecule has 0 aromatic heterocycles. The highest BCUT2D eigenvalue weighted by molar-refractivity contribution is 8.00. The third-order valence-corrected chi connectivity index (χ3v) is 5.99. The fraction of sp³-hybridized carbons (Fsp3) is 0.375. The summed E-state index contributed by atoms with van der Waals surface area (Å²) in [5.74, 6) is -0.271. The van der Waals surface area contributed by atoms with Gasteiger partial charge in [0.05, 0.1) is 0 Å². The number of hydrogen-bond acceptors (Lipinski definition) is 5. The molecule has 0 bridgehead atoms. The number of likely N-dealkylation sites (tertiary alicyclic amines) is 1. The molecular formula is C24H28N2O4S. The Labute approximate surface area is 187 Å². The summed E-state index contributed by atoms with van der Waals surface area (Å²) >= 11 is 1.36. The van der Waals surface area contributed by atoms with E-state index in [0.717, 1.165) is 10.5 Å². The molecule has 1 saturated heterocycles. The number of alkyl carbamates (subject to hydrolysis) is 1. The summed E-state index contributed by atoms with van der Waals surface area (Å²) in [6.07, 6.45) is -0.0351. The Morgan fingerprint density at radius 2 is 1.71 bits per heavy atom. The van der Waals surface area contributed by atoms with E-state index in [-0.39, 0.29) is 11.7 Å². The minimum Gasteiger partial charge on any atom is -0.444 e. The molecule has 1 heterocycles. The molecule has 3 rings (SSSR count). The zero-order valence-electron chi connectivity index (χ0n) is 18.0. The van der Waals surface area contributed by atoms with Gasteiger partial charge < -0.3 is 15.0 Å². The van der Waals surface area contributed by atoms with E-state index in [2.05, 4.69) is 5.32 Å². The van der Waals surface area contributed by atoms with Crippen LogP contribution in [0.5, 0.6) is 0 Å². The lowest BCUT2D eigenvalue weighted by Crippen LogP contribution is -2.52. The van der Waals surface area contributed by atoms with Gasteiger partial charge in [-0.2, -0.15) is 0 Å². The van der Waals surface area contributed by atoms with Gasteiger partial charge in [0.25, 0.3) is 0 Å². The fourth-order valence-electron chi connectivity index (χ4n) is 3.33. The van der Waals surface area contributed by atoms with Crippen molar-refractivity contribution in [2.24, 2.45) is 0 Å². The van der Waals surface area contributed by atoms with Crippen LogP contribution in [-0.2, 0) is 20.7 Å². The summed E-state index contributed by atoms with van der Waals surface area (Å²) in [6.45, 7) is 5.65. The molecule has 7 heteroatoms. The molecule has 164 valence electrons. The molecule has 2 aromatic rings. The highest BCUT2D eigenvalue weighted by atomic mass is 32.2. The number of nitrogens with zero attached hydrogens (tertiary/aromatic N) is 1. The van der Waals surface area contributed by atoms with E-state index in [4.69, 9.17) is 4.74 Å². The molecule has 0 unspecified atom stereocenters. The van der Waals surface area contributed by atoms with Crippen LogP contribution in [-0.4, -0.2) is 46.2 Å². The number of carbonyl (C=O) groups is 3. The van der Waals surface area contributed by atoms with Crippen molar-refractivity contribution in [3.63, 3.8) is 0 Å². The Morgan fingerprint density at radius 1 is 1.10 bits per heavy atom. The number of carbonyl (C=O) groups excluding carboxylic acids is 3. The molecule has 2 amide bonds. The molecule has 6 nitrogen and oxygen atoms in total. The second-order valence-corrected chi connectivity index (χ2v) is 9.57. The van der Waals surface area contributed by atoms with E-state index in [1.807, 2.05) is 60.7 Å². The van der Waals surface area contributed by atoms with Crippen LogP contribution in [0.15, 0.2) is 65.6 Å². The van der Waals surface area contributed by atoms with Gasteiger partial charge in [0, 0.05) is 24.3 Å². The number of hydrogen-bond donors (Lipinski definition) is 1. The molecule has 1 aliphatic rings. The molecule has 0 aliphatic carbocycles. The Hall–Kier alpha value is -2.80. The number of ether oxygens (including phenoxy) is 1. The quantitative estimate of drug-likeness (QED) is 0.734. The van der Waals surface area contributed by atoms with Gasteiger partial charge in [-0.05, 0) is 38.5 Å². The number of amides is 2. The summed E-state index contributed by atoms with van der Waals surface area (Å²) in [6, 6.07) is 18.2. The lowest BCUT2D eigenvalue weighted by Gasteiger charge is -2.29. The molecule has 1 aliphatic heterocycles. The van der Waals surface area contributed by atoms with Crippen LogP contribution in [0.4, 0.5) is 4.79 Å². The van der Waals surface area contributed by atoms with E-state index < -0.39 is 23.1 Å². The minimum atomic E-state index is -0.831. The van der Waals surface area contributed by atoms with Crippen molar-refractivity contribution in [3.8, 4) is 0 Å². The van der Waals surface area contributed by atoms with Crippen LogP contribution in [0.3, 0.4) is 0 Å². The molecule has 0 radical (unpaired) electrons. The van der Waals surface area contributed by atoms with E-state index in [1.165, 1.54) is 11.8 Å². The first kappa shape index (κ1) is 22.9. The van der Waals surface area contributed by atoms with Crippen molar-refractivity contribution >= 4 is 29.5 Å². The predicted molar refractivity (Wildman–Crippen MR) is 121 cm³/mol. The van der Waals surface area contributed by atoms with Crippen molar-refractivity contribution in [3.05, 3.63) is 66.2 Å². The van der Waals surface area contributed by atoms with Crippen LogP contribution < -0.4 is 5.32 Å². The molecule has 0 saturated carbocycles. The highest BCUT2D eigenvalue weighted by Crippen LogP contribution is 2.31. The molecule has 2 atom stereocenters. The molecule has 31 heavy (non-hydrogen) atoms. The molecule has 2 aromatic carbocycles. The summed E-state index contributed by atoms with van der Waals surface area (Å²) < 4.78 is 5.37. The number of thioether (sulfide) groups is 1. The Balaban J connectivity index is 1.79. The van der Waals surface area contributed by atoms with Gasteiger partial charge in [0.2, 0.25) is 5.91 Å². The van der Waals surface area contributed by atoms with Crippen molar-refractivity contribution in [1.29, 1.82) is 0 Å². The second kappa shape index (κ2) is 10.0. The van der Waals surface area contributed by atoms with Crippen LogP contribution in [0.25, 0.3) is 0 Å². The first-order valence-electron chi connectivity index (χ1n) is 10.3. The van der Waals surface area contributed by atoms with E-state index in [9.17, 15) is 14.4 Å². The van der Waals surface area contributed by atoms with Crippen LogP contribution in [0, 0.1) is 0 Å². The SMILES string of the molecule is CC(C)(C)OC(=O)N[C@@H](Cc1ccccc1)C(=O)N1CCC(=O)[C@H]1Sc1ccccc1. The number of ketones is 1. The van der Waals surface area contributed by atoms with Gasteiger partial charge in [0.15, 0.2) is 5.78 Å². The minimum absolute atomic E-state index is 0.0120. The first-order valence-corrected chi connectivity index (χ1v) is 11.2. The first-order chi connectivity index (χ1) is 14.7. The number of rotatable bonds is 6. The van der Waals surface area contributed by atoms with Gasteiger partial charge >= 0.3 is 6.09 Å². The Bertz CT molecular complexity index is 912. The van der Waals surface area contributed by atoms with Crippen molar-refractivity contribution < 1.29 is 19.1 Å². The van der Waals surface area contributed by atoms with Crippen molar-refractivity contribution in [2.75, 3.05) is 6.54 Å². The maximum atomic E-state index is 13.5.